The third-order valence-electron chi connectivity index (χ3n) is 5.16. The van der Waals surface area contributed by atoms with Crippen molar-refractivity contribution in [2.75, 3.05) is 0 Å². The molecule has 0 spiro atoms. The van der Waals surface area contributed by atoms with Crippen LogP contribution >= 0.6 is 0 Å². The van der Waals surface area contributed by atoms with E-state index in [-0.39, 0.29) is 18.2 Å². The number of imidazole rings is 1. The predicted octanol–water partition coefficient (Wildman–Crippen LogP) is 3.98. The van der Waals surface area contributed by atoms with Gasteiger partial charge in [-0.3, -0.25) is 25.0 Å². The lowest BCUT2D eigenvalue weighted by atomic mass is 10.1. The van der Waals surface area contributed by atoms with Crippen LogP contribution in [0.25, 0.3) is 16.7 Å². The number of carbonyl (C=O) groups is 2. The van der Waals surface area contributed by atoms with Crippen LogP contribution in [0.5, 0.6) is 0 Å². The van der Waals surface area contributed by atoms with Crippen LogP contribution in [0.3, 0.4) is 0 Å². The largest absolute Gasteiger partial charge is 0.296 e. The second-order valence-corrected chi connectivity index (χ2v) is 7.24. The smallest absolute Gasteiger partial charge is 0.269 e. The molecule has 0 saturated heterocycles. The maximum Gasteiger partial charge on any atom is 0.269 e. The molecular formula is C25H24N4O2. The van der Waals surface area contributed by atoms with Gasteiger partial charge in [-0.15, -0.1) is 0 Å². The summed E-state index contributed by atoms with van der Waals surface area (Å²) in [5.41, 5.74) is 9.50. The van der Waals surface area contributed by atoms with Crippen molar-refractivity contribution in [3.63, 3.8) is 0 Å². The number of rotatable bonds is 6. The number of nitrogens with zero attached hydrogens (tertiary/aromatic N) is 2. The fourth-order valence-corrected chi connectivity index (χ4v) is 3.49. The molecule has 0 unspecified atom stereocenters. The molecule has 0 aliphatic heterocycles. The number of hydrogen-bond acceptors (Lipinski definition) is 3. The third-order valence-corrected chi connectivity index (χ3v) is 5.16. The van der Waals surface area contributed by atoms with E-state index in [1.54, 1.807) is 12.1 Å². The lowest BCUT2D eigenvalue weighted by Crippen LogP contribution is -2.41. The number of benzene rings is 3. The van der Waals surface area contributed by atoms with E-state index in [0.717, 1.165) is 34.5 Å². The molecule has 0 aliphatic carbocycles. The van der Waals surface area contributed by atoms with Crippen LogP contribution in [0.1, 0.15) is 35.1 Å². The third kappa shape index (κ3) is 4.64. The van der Waals surface area contributed by atoms with Gasteiger partial charge in [0.2, 0.25) is 5.91 Å². The zero-order valence-electron chi connectivity index (χ0n) is 17.3. The summed E-state index contributed by atoms with van der Waals surface area (Å²) in [7, 11) is 0. The van der Waals surface area contributed by atoms with Gasteiger partial charge in [-0.05, 0) is 48.4 Å². The summed E-state index contributed by atoms with van der Waals surface area (Å²) in [5.74, 6) is 0.182. The Bertz CT molecular complexity index is 1200. The summed E-state index contributed by atoms with van der Waals surface area (Å²) in [6.45, 7) is 2.06. The van der Waals surface area contributed by atoms with Crippen molar-refractivity contribution < 1.29 is 9.59 Å². The Morgan fingerprint density at radius 2 is 1.58 bits per heavy atom. The van der Waals surface area contributed by atoms with Gasteiger partial charge >= 0.3 is 0 Å². The standard InChI is InChI=1S/C25H24N4O2/c1-2-18-12-14-19(15-13-18)25(31)28-27-24(30)17-16-23-26-21-10-6-7-11-22(21)29(23)20-8-4-3-5-9-20/h3-15H,2,16-17H2,1H3,(H,27,30)(H,28,31). The second-order valence-electron chi connectivity index (χ2n) is 7.24. The Kier molecular flexibility index (Phi) is 6.08. The second kappa shape index (κ2) is 9.26. The molecule has 6 nitrogen and oxygen atoms in total. The van der Waals surface area contributed by atoms with Gasteiger partial charge in [0.05, 0.1) is 11.0 Å². The molecule has 0 radical (unpaired) electrons. The highest BCUT2D eigenvalue weighted by Crippen LogP contribution is 2.22. The molecule has 0 atom stereocenters. The quantitative estimate of drug-likeness (QED) is 0.470. The number of amides is 2. The van der Waals surface area contributed by atoms with E-state index in [4.69, 9.17) is 4.98 Å². The molecular weight excluding hydrogens is 388 g/mol. The number of aryl methyl sites for hydroxylation is 2. The molecule has 1 heterocycles. The number of hydrogen-bond donors (Lipinski definition) is 2. The van der Waals surface area contributed by atoms with Crippen molar-refractivity contribution in [1.82, 2.24) is 20.4 Å². The van der Waals surface area contributed by atoms with Crippen LogP contribution in [-0.4, -0.2) is 21.4 Å². The maximum absolute atomic E-state index is 12.4. The zero-order chi connectivity index (χ0) is 21.6. The fraction of sp³-hybridized carbons (Fsp3) is 0.160. The van der Waals surface area contributed by atoms with E-state index < -0.39 is 0 Å². The van der Waals surface area contributed by atoms with E-state index >= 15 is 0 Å². The van der Waals surface area contributed by atoms with Crippen molar-refractivity contribution in [2.24, 2.45) is 0 Å². The van der Waals surface area contributed by atoms with Crippen LogP contribution in [0.4, 0.5) is 0 Å². The first-order chi connectivity index (χ1) is 15.2. The summed E-state index contributed by atoms with van der Waals surface area (Å²) >= 11 is 0. The van der Waals surface area contributed by atoms with E-state index in [9.17, 15) is 9.59 Å². The highest BCUT2D eigenvalue weighted by Gasteiger charge is 2.14. The van der Waals surface area contributed by atoms with Crippen LogP contribution in [0, 0.1) is 0 Å². The van der Waals surface area contributed by atoms with Gasteiger partial charge in [-0.2, -0.15) is 0 Å². The summed E-state index contributed by atoms with van der Waals surface area (Å²) in [6, 6.07) is 25.2. The van der Waals surface area contributed by atoms with Crippen molar-refractivity contribution in [3.05, 3.63) is 95.8 Å². The number of nitrogens with one attached hydrogen (secondary N) is 2. The maximum atomic E-state index is 12.4. The fourth-order valence-electron chi connectivity index (χ4n) is 3.49. The normalized spacial score (nSPS) is 10.7. The summed E-state index contributed by atoms with van der Waals surface area (Å²) in [6.07, 6.45) is 1.55. The Labute approximate surface area is 180 Å². The van der Waals surface area contributed by atoms with Crippen molar-refractivity contribution in [2.45, 2.75) is 26.2 Å². The average Bonchev–Trinajstić information content (AvgIpc) is 3.20. The van der Waals surface area contributed by atoms with E-state index in [1.165, 1.54) is 0 Å². The van der Waals surface area contributed by atoms with Crippen LogP contribution in [-0.2, 0) is 17.6 Å². The van der Waals surface area contributed by atoms with Gasteiger partial charge in [-0.1, -0.05) is 49.4 Å². The van der Waals surface area contributed by atoms with Crippen LogP contribution < -0.4 is 10.9 Å². The molecule has 6 heteroatoms. The SMILES string of the molecule is CCc1ccc(C(=O)NNC(=O)CCc2nc3ccccc3n2-c2ccccc2)cc1. The minimum atomic E-state index is -0.340. The first kappa shape index (κ1) is 20.3. The van der Waals surface area contributed by atoms with Crippen molar-refractivity contribution >= 4 is 22.8 Å². The topological polar surface area (TPSA) is 76.0 Å². The monoisotopic (exact) mass is 412 g/mol. The Hall–Kier alpha value is -3.93. The van der Waals surface area contributed by atoms with E-state index in [2.05, 4.69) is 22.3 Å². The van der Waals surface area contributed by atoms with Crippen molar-refractivity contribution in [1.29, 1.82) is 0 Å². The number of para-hydroxylation sites is 3. The molecule has 31 heavy (non-hydrogen) atoms. The molecule has 0 saturated carbocycles. The number of carbonyl (C=O) groups excluding carboxylic acids is 2. The lowest BCUT2D eigenvalue weighted by molar-refractivity contribution is -0.121. The molecule has 156 valence electrons. The van der Waals surface area contributed by atoms with Gasteiger partial charge in [0.1, 0.15) is 5.82 Å². The van der Waals surface area contributed by atoms with E-state index in [1.807, 2.05) is 66.7 Å². The molecule has 2 amide bonds. The number of aromatic nitrogens is 2. The summed E-state index contributed by atoms with van der Waals surface area (Å²) < 4.78 is 2.07. The molecule has 0 aliphatic rings. The van der Waals surface area contributed by atoms with Gasteiger partial charge in [0.25, 0.3) is 5.91 Å². The van der Waals surface area contributed by atoms with Crippen LogP contribution in [0.15, 0.2) is 78.9 Å². The van der Waals surface area contributed by atoms with Gasteiger partial charge in [0, 0.05) is 24.1 Å². The van der Waals surface area contributed by atoms with E-state index in [0.29, 0.717) is 12.0 Å². The Morgan fingerprint density at radius 1 is 0.871 bits per heavy atom. The molecule has 0 bridgehead atoms. The molecule has 1 aromatic heterocycles. The highest BCUT2D eigenvalue weighted by atomic mass is 16.2. The first-order valence-corrected chi connectivity index (χ1v) is 10.4. The number of fused-ring (bicyclic) bond motifs is 1. The Morgan fingerprint density at radius 3 is 2.32 bits per heavy atom. The van der Waals surface area contributed by atoms with Gasteiger partial charge in [-0.25, -0.2) is 4.98 Å². The van der Waals surface area contributed by atoms with Crippen molar-refractivity contribution in [3.8, 4) is 5.69 Å². The van der Waals surface area contributed by atoms with Crippen LogP contribution in [0.2, 0.25) is 0 Å². The average molecular weight is 412 g/mol. The molecule has 3 aromatic carbocycles. The molecule has 4 rings (SSSR count). The lowest BCUT2D eigenvalue weighted by Gasteiger charge is -2.10. The minimum absolute atomic E-state index is 0.200. The van der Waals surface area contributed by atoms with Gasteiger partial charge in [0.15, 0.2) is 0 Å². The number of hydrazine groups is 1. The summed E-state index contributed by atoms with van der Waals surface area (Å²) in [4.78, 5) is 29.3. The van der Waals surface area contributed by atoms with Gasteiger partial charge < -0.3 is 0 Å². The zero-order valence-corrected chi connectivity index (χ0v) is 17.3. The minimum Gasteiger partial charge on any atom is -0.296 e. The first-order valence-electron chi connectivity index (χ1n) is 10.4. The Balaban J connectivity index is 1.42. The molecule has 4 aromatic rings. The summed E-state index contributed by atoms with van der Waals surface area (Å²) in [5, 5.41) is 0. The predicted molar refractivity (Wildman–Crippen MR) is 121 cm³/mol. The highest BCUT2D eigenvalue weighted by molar-refractivity contribution is 5.95. The molecule has 2 N–H and O–H groups in total. The molecule has 0 fully saturated rings.